The first kappa shape index (κ1) is 27.5. The van der Waals surface area contributed by atoms with Gasteiger partial charge in [0, 0.05) is 24.2 Å². The van der Waals surface area contributed by atoms with Crippen LogP contribution in [0.2, 0.25) is 10.0 Å². The molecule has 4 rings (SSSR count). The van der Waals surface area contributed by atoms with Gasteiger partial charge in [-0.1, -0.05) is 81.3 Å². The van der Waals surface area contributed by atoms with Gasteiger partial charge in [-0.3, -0.25) is 4.79 Å². The monoisotopic (exact) mass is 542 g/mol. The molecule has 1 heterocycles. The first-order valence-corrected chi connectivity index (χ1v) is 14.0. The van der Waals surface area contributed by atoms with Gasteiger partial charge in [0.1, 0.15) is 5.75 Å². The van der Waals surface area contributed by atoms with Gasteiger partial charge in [-0.25, -0.2) is 0 Å². The van der Waals surface area contributed by atoms with E-state index in [-0.39, 0.29) is 5.91 Å². The minimum Gasteiger partial charge on any atom is -0.439 e. The Morgan fingerprint density at radius 1 is 1.03 bits per heavy atom. The van der Waals surface area contributed by atoms with E-state index in [9.17, 15) is 4.79 Å². The molecule has 0 spiro atoms. The van der Waals surface area contributed by atoms with Crippen molar-refractivity contribution in [3.8, 4) is 17.3 Å². The van der Waals surface area contributed by atoms with E-state index in [0.717, 1.165) is 12.8 Å². The molecule has 3 aromatic rings. The van der Waals surface area contributed by atoms with Gasteiger partial charge in [0.25, 0.3) is 5.91 Å². The van der Waals surface area contributed by atoms with Gasteiger partial charge in [0.2, 0.25) is 5.88 Å². The number of amides is 1. The van der Waals surface area contributed by atoms with Crippen LogP contribution in [0.3, 0.4) is 0 Å². The fraction of sp³-hybridized carbons (Fsp3) is 0.448. The molecule has 2 N–H and O–H groups in total. The quantitative estimate of drug-likeness (QED) is 0.292. The van der Waals surface area contributed by atoms with Crippen LogP contribution in [-0.2, 0) is 6.54 Å². The number of halogens is 2. The van der Waals surface area contributed by atoms with Crippen molar-refractivity contribution in [2.75, 3.05) is 6.54 Å². The summed E-state index contributed by atoms with van der Waals surface area (Å²) in [6.45, 7) is 5.15. The van der Waals surface area contributed by atoms with E-state index in [2.05, 4.69) is 24.5 Å². The van der Waals surface area contributed by atoms with Crippen molar-refractivity contribution in [3.63, 3.8) is 0 Å². The molecule has 0 unspecified atom stereocenters. The van der Waals surface area contributed by atoms with Crippen molar-refractivity contribution < 1.29 is 9.53 Å². The molecule has 1 aliphatic rings. The normalized spacial score (nSPS) is 14.8. The molecule has 1 saturated carbocycles. The smallest absolute Gasteiger partial charge is 0.272 e. The van der Waals surface area contributed by atoms with Gasteiger partial charge in [-0.2, -0.15) is 9.78 Å². The average molecular weight is 544 g/mol. The Kier molecular flexibility index (Phi) is 9.89. The van der Waals surface area contributed by atoms with Crippen molar-refractivity contribution in [2.45, 2.75) is 71.4 Å². The Morgan fingerprint density at radius 3 is 2.38 bits per heavy atom. The van der Waals surface area contributed by atoms with E-state index >= 15 is 0 Å². The third kappa shape index (κ3) is 7.50. The highest BCUT2D eigenvalue weighted by Crippen LogP contribution is 2.34. The number of carbonyl (C=O) groups is 1. The van der Waals surface area contributed by atoms with Crippen LogP contribution in [0.15, 0.2) is 48.5 Å². The van der Waals surface area contributed by atoms with Crippen LogP contribution in [-0.4, -0.2) is 28.3 Å². The third-order valence-electron chi connectivity index (χ3n) is 6.60. The number of para-hydroxylation sites is 1. The summed E-state index contributed by atoms with van der Waals surface area (Å²) < 4.78 is 8.04. The molecular formula is C29H36Cl2N4O2. The van der Waals surface area contributed by atoms with Gasteiger partial charge in [-0.05, 0) is 55.2 Å². The number of hydrogen-bond acceptors (Lipinski definition) is 4. The molecule has 1 aromatic heterocycles. The van der Waals surface area contributed by atoms with E-state index in [1.165, 1.54) is 32.1 Å². The van der Waals surface area contributed by atoms with Gasteiger partial charge >= 0.3 is 0 Å². The number of nitrogens with one attached hydrogen (secondary N) is 2. The van der Waals surface area contributed by atoms with Crippen LogP contribution in [0.4, 0.5) is 0 Å². The number of ether oxygens (including phenoxy) is 1. The van der Waals surface area contributed by atoms with Gasteiger partial charge in [-0.15, -0.1) is 0 Å². The van der Waals surface area contributed by atoms with Gasteiger partial charge in [0.05, 0.1) is 16.3 Å². The zero-order chi connectivity index (χ0) is 26.2. The van der Waals surface area contributed by atoms with Crippen LogP contribution in [0, 0.1) is 5.92 Å². The minimum absolute atomic E-state index is 0.227. The lowest BCUT2D eigenvalue weighted by atomic mass is 9.96. The summed E-state index contributed by atoms with van der Waals surface area (Å²) in [4.78, 5) is 13.4. The van der Waals surface area contributed by atoms with Crippen LogP contribution in [0.5, 0.6) is 11.6 Å². The number of carbonyl (C=O) groups excluding carboxylic acids is 1. The first-order valence-electron chi connectivity index (χ1n) is 13.2. The Bertz CT molecular complexity index is 1170. The second kappa shape index (κ2) is 13.3. The molecule has 1 aliphatic carbocycles. The summed E-state index contributed by atoms with van der Waals surface area (Å²) in [5, 5.41) is 12.6. The first-order chi connectivity index (χ1) is 17.9. The van der Waals surface area contributed by atoms with Gasteiger partial charge < -0.3 is 15.4 Å². The fourth-order valence-electron chi connectivity index (χ4n) is 4.57. The largest absolute Gasteiger partial charge is 0.439 e. The topological polar surface area (TPSA) is 68.2 Å². The number of rotatable bonds is 9. The summed E-state index contributed by atoms with van der Waals surface area (Å²) in [5.41, 5.74) is 1.68. The van der Waals surface area contributed by atoms with E-state index < -0.39 is 0 Å². The Morgan fingerprint density at radius 2 is 1.70 bits per heavy atom. The van der Waals surface area contributed by atoms with E-state index in [0.29, 0.717) is 63.7 Å². The molecule has 0 aliphatic heterocycles. The SMILES string of the molecule is CC(C)CNC(=O)c1nn(-c2ccccc2Cl)c(Oc2ccc(Cl)cc2)c1CNC1CCCCCCC1. The zero-order valence-corrected chi connectivity index (χ0v) is 23.1. The molecule has 37 heavy (non-hydrogen) atoms. The summed E-state index contributed by atoms with van der Waals surface area (Å²) in [5.74, 6) is 1.15. The summed E-state index contributed by atoms with van der Waals surface area (Å²) in [7, 11) is 0. The number of benzene rings is 2. The van der Waals surface area contributed by atoms with Crippen LogP contribution >= 0.6 is 23.2 Å². The number of aromatic nitrogens is 2. The van der Waals surface area contributed by atoms with Gasteiger partial charge in [0.15, 0.2) is 5.69 Å². The van der Waals surface area contributed by atoms with Crippen LogP contribution < -0.4 is 15.4 Å². The van der Waals surface area contributed by atoms with E-state index in [1.54, 1.807) is 35.0 Å². The second-order valence-electron chi connectivity index (χ2n) is 10.1. The summed E-state index contributed by atoms with van der Waals surface area (Å²) in [6, 6.07) is 15.0. The molecule has 0 saturated heterocycles. The second-order valence-corrected chi connectivity index (χ2v) is 10.9. The maximum Gasteiger partial charge on any atom is 0.272 e. The number of nitrogens with zero attached hydrogens (tertiary/aromatic N) is 2. The van der Waals surface area contributed by atoms with Crippen molar-refractivity contribution in [1.29, 1.82) is 0 Å². The molecule has 1 fully saturated rings. The zero-order valence-electron chi connectivity index (χ0n) is 21.6. The standard InChI is InChI=1S/C29H36Cl2N4O2/c1-20(2)18-33-28(36)27-24(19-32-22-10-6-4-3-5-7-11-22)29(37-23-16-14-21(30)15-17-23)35(34-27)26-13-9-8-12-25(26)31/h8-9,12-17,20,22,32H,3-7,10-11,18-19H2,1-2H3,(H,33,36). The van der Waals surface area contributed by atoms with Crippen molar-refractivity contribution >= 4 is 29.1 Å². The lowest BCUT2D eigenvalue weighted by Gasteiger charge is -2.21. The molecule has 0 atom stereocenters. The van der Waals surface area contributed by atoms with E-state index in [4.69, 9.17) is 33.0 Å². The van der Waals surface area contributed by atoms with Crippen LogP contribution in [0.25, 0.3) is 5.69 Å². The predicted molar refractivity (Wildman–Crippen MR) is 150 cm³/mol. The highest BCUT2D eigenvalue weighted by Gasteiger charge is 2.27. The molecule has 1 amide bonds. The minimum atomic E-state index is -0.227. The van der Waals surface area contributed by atoms with Crippen LogP contribution in [0.1, 0.15) is 74.8 Å². The fourth-order valence-corrected chi connectivity index (χ4v) is 4.91. The summed E-state index contributed by atoms with van der Waals surface area (Å²) in [6.07, 6.45) is 8.55. The molecule has 2 aromatic carbocycles. The Labute approximate surface area is 229 Å². The molecule has 6 nitrogen and oxygen atoms in total. The molecule has 198 valence electrons. The Hall–Kier alpha value is -2.54. The lowest BCUT2D eigenvalue weighted by molar-refractivity contribution is 0.0942. The Balaban J connectivity index is 1.75. The number of hydrogen-bond donors (Lipinski definition) is 2. The van der Waals surface area contributed by atoms with E-state index in [1.807, 2.05) is 18.2 Å². The maximum absolute atomic E-state index is 13.4. The average Bonchev–Trinajstić information content (AvgIpc) is 3.21. The molecule has 0 bridgehead atoms. The molecule has 8 heteroatoms. The summed E-state index contributed by atoms with van der Waals surface area (Å²) >= 11 is 12.7. The van der Waals surface area contributed by atoms with Crippen molar-refractivity contribution in [3.05, 3.63) is 69.8 Å². The molecular weight excluding hydrogens is 507 g/mol. The third-order valence-corrected chi connectivity index (χ3v) is 7.18. The highest BCUT2D eigenvalue weighted by atomic mass is 35.5. The van der Waals surface area contributed by atoms with Crippen molar-refractivity contribution in [1.82, 2.24) is 20.4 Å². The lowest BCUT2D eigenvalue weighted by Crippen LogP contribution is -2.32. The predicted octanol–water partition coefficient (Wildman–Crippen LogP) is 7.56. The highest BCUT2D eigenvalue weighted by molar-refractivity contribution is 6.32. The molecule has 0 radical (unpaired) electrons. The maximum atomic E-state index is 13.4. The van der Waals surface area contributed by atoms with Crippen molar-refractivity contribution in [2.24, 2.45) is 5.92 Å².